The van der Waals surface area contributed by atoms with Gasteiger partial charge in [-0.1, -0.05) is 6.42 Å². The molecule has 2 aliphatic heterocycles. The lowest BCUT2D eigenvalue weighted by atomic mass is 9.71. The summed E-state index contributed by atoms with van der Waals surface area (Å²) in [4.78, 5) is 16.5. The number of carbonyl (C=O) groups excluding carboxylic acids is 1. The Kier molecular flexibility index (Phi) is 4.55. The molecule has 1 spiro atoms. The number of methoxy groups -OCH3 is 1. The van der Waals surface area contributed by atoms with Crippen LogP contribution in [0.2, 0.25) is 0 Å². The van der Waals surface area contributed by atoms with Crippen LogP contribution >= 0.6 is 0 Å². The zero-order valence-electron chi connectivity index (χ0n) is 13.6. The van der Waals surface area contributed by atoms with Crippen molar-refractivity contribution < 1.29 is 9.53 Å². The van der Waals surface area contributed by atoms with Crippen LogP contribution in [0.4, 0.5) is 0 Å². The van der Waals surface area contributed by atoms with Gasteiger partial charge in [0.15, 0.2) is 0 Å². The summed E-state index contributed by atoms with van der Waals surface area (Å²) in [6.45, 7) is 8.08. The number of hydrogen-bond donors (Lipinski definition) is 0. The predicted octanol–water partition coefficient (Wildman–Crippen LogP) is 1.99. The fourth-order valence-corrected chi connectivity index (χ4v) is 4.49. The number of likely N-dealkylation sites (tertiary alicyclic amines) is 2. The summed E-state index contributed by atoms with van der Waals surface area (Å²) in [7, 11) is 1.79. The third kappa shape index (κ3) is 3.11. The molecule has 3 fully saturated rings. The lowest BCUT2D eigenvalue weighted by Crippen LogP contribution is -2.47. The minimum Gasteiger partial charge on any atom is -0.384 e. The highest BCUT2D eigenvalue weighted by molar-refractivity contribution is 5.73. The van der Waals surface area contributed by atoms with Crippen LogP contribution in [-0.4, -0.2) is 62.1 Å². The van der Waals surface area contributed by atoms with Crippen LogP contribution in [-0.2, 0) is 9.53 Å². The van der Waals surface area contributed by atoms with Crippen molar-refractivity contribution in [2.75, 3.05) is 46.4 Å². The number of piperidine rings is 1. The van der Waals surface area contributed by atoms with E-state index in [2.05, 4.69) is 4.90 Å². The summed E-state index contributed by atoms with van der Waals surface area (Å²) in [5.74, 6) is 1.72. The van der Waals surface area contributed by atoms with Gasteiger partial charge < -0.3 is 14.5 Å². The molecule has 4 nitrogen and oxygen atoms in total. The van der Waals surface area contributed by atoms with Crippen LogP contribution in [0.1, 0.15) is 39.0 Å². The van der Waals surface area contributed by atoms with Gasteiger partial charge in [0.25, 0.3) is 0 Å². The molecule has 4 heteroatoms. The normalized spacial score (nSPS) is 29.8. The van der Waals surface area contributed by atoms with E-state index in [4.69, 9.17) is 4.74 Å². The van der Waals surface area contributed by atoms with E-state index in [1.54, 1.807) is 14.0 Å². The van der Waals surface area contributed by atoms with Crippen molar-refractivity contribution in [1.82, 2.24) is 9.80 Å². The second-order valence-corrected chi connectivity index (χ2v) is 7.51. The Morgan fingerprint density at radius 2 is 2.00 bits per heavy atom. The Hall–Kier alpha value is -0.610. The van der Waals surface area contributed by atoms with E-state index in [0.29, 0.717) is 11.3 Å². The first-order chi connectivity index (χ1) is 10.1. The highest BCUT2D eigenvalue weighted by Crippen LogP contribution is 2.45. The van der Waals surface area contributed by atoms with Crippen molar-refractivity contribution in [3.63, 3.8) is 0 Å². The van der Waals surface area contributed by atoms with Gasteiger partial charge in [0.05, 0.1) is 6.61 Å². The molecule has 0 aromatic carbocycles. The molecule has 3 rings (SSSR count). The summed E-state index contributed by atoms with van der Waals surface area (Å²) in [6.07, 6.45) is 6.78. The highest BCUT2D eigenvalue weighted by Gasteiger charge is 2.48. The molecule has 1 saturated carbocycles. The average molecular weight is 294 g/mol. The van der Waals surface area contributed by atoms with Gasteiger partial charge in [0, 0.05) is 39.6 Å². The Morgan fingerprint density at radius 1 is 1.29 bits per heavy atom. The molecule has 1 amide bonds. The maximum absolute atomic E-state index is 11.8. The number of amides is 1. The second kappa shape index (κ2) is 6.25. The minimum atomic E-state index is 0.227. The van der Waals surface area contributed by atoms with E-state index in [1.807, 2.05) is 4.90 Å². The first-order valence-corrected chi connectivity index (χ1v) is 8.60. The summed E-state index contributed by atoms with van der Waals surface area (Å²) >= 11 is 0. The number of ether oxygens (including phenoxy) is 1. The van der Waals surface area contributed by atoms with Crippen molar-refractivity contribution in [3.8, 4) is 0 Å². The zero-order chi connectivity index (χ0) is 14.9. The third-order valence-electron chi connectivity index (χ3n) is 6.22. The van der Waals surface area contributed by atoms with Gasteiger partial charge in [-0.2, -0.15) is 0 Å². The van der Waals surface area contributed by atoms with Gasteiger partial charge in [-0.05, 0) is 50.1 Å². The van der Waals surface area contributed by atoms with Crippen molar-refractivity contribution >= 4 is 5.91 Å². The lowest BCUT2D eigenvalue weighted by Gasteiger charge is -2.44. The van der Waals surface area contributed by atoms with Crippen molar-refractivity contribution in [2.24, 2.45) is 17.3 Å². The van der Waals surface area contributed by atoms with E-state index in [9.17, 15) is 4.79 Å². The smallest absolute Gasteiger partial charge is 0.219 e. The molecular formula is C17H30N2O2. The van der Waals surface area contributed by atoms with E-state index >= 15 is 0 Å². The van der Waals surface area contributed by atoms with Crippen molar-refractivity contribution in [1.29, 1.82) is 0 Å². The quantitative estimate of drug-likeness (QED) is 0.795. The topological polar surface area (TPSA) is 32.8 Å². The largest absolute Gasteiger partial charge is 0.384 e. The Labute approximate surface area is 128 Å². The number of carbonyl (C=O) groups is 1. The Morgan fingerprint density at radius 3 is 2.52 bits per heavy atom. The molecule has 0 aromatic rings. The first kappa shape index (κ1) is 15.3. The summed E-state index contributed by atoms with van der Waals surface area (Å²) in [5.41, 5.74) is 0.317. The van der Waals surface area contributed by atoms with Crippen LogP contribution in [0.3, 0.4) is 0 Å². The third-order valence-corrected chi connectivity index (χ3v) is 6.22. The van der Waals surface area contributed by atoms with E-state index in [1.165, 1.54) is 51.7 Å². The van der Waals surface area contributed by atoms with Crippen LogP contribution < -0.4 is 0 Å². The van der Waals surface area contributed by atoms with Gasteiger partial charge >= 0.3 is 0 Å². The molecule has 1 unspecified atom stereocenters. The maximum Gasteiger partial charge on any atom is 0.219 e. The second-order valence-electron chi connectivity index (χ2n) is 7.51. The van der Waals surface area contributed by atoms with E-state index < -0.39 is 0 Å². The molecule has 1 atom stereocenters. The number of nitrogens with zero attached hydrogens (tertiary/aromatic N) is 2. The minimum absolute atomic E-state index is 0.227. The molecule has 120 valence electrons. The monoisotopic (exact) mass is 294 g/mol. The van der Waals surface area contributed by atoms with E-state index in [0.717, 1.165) is 25.6 Å². The zero-order valence-corrected chi connectivity index (χ0v) is 13.6. The van der Waals surface area contributed by atoms with Gasteiger partial charge in [0.2, 0.25) is 5.91 Å². The predicted molar refractivity (Wildman–Crippen MR) is 83.1 cm³/mol. The molecule has 0 radical (unpaired) electrons. The molecule has 1 aliphatic carbocycles. The van der Waals surface area contributed by atoms with E-state index in [-0.39, 0.29) is 5.91 Å². The molecule has 2 heterocycles. The number of hydrogen-bond acceptors (Lipinski definition) is 3. The molecule has 0 N–H and O–H groups in total. The van der Waals surface area contributed by atoms with Gasteiger partial charge in [-0.15, -0.1) is 0 Å². The summed E-state index contributed by atoms with van der Waals surface area (Å²) in [6, 6.07) is 0. The van der Waals surface area contributed by atoms with Crippen LogP contribution in [0.5, 0.6) is 0 Å². The van der Waals surface area contributed by atoms with Crippen molar-refractivity contribution in [3.05, 3.63) is 0 Å². The van der Waals surface area contributed by atoms with Crippen LogP contribution in [0.15, 0.2) is 0 Å². The fourth-order valence-electron chi connectivity index (χ4n) is 4.49. The highest BCUT2D eigenvalue weighted by atomic mass is 16.5. The van der Waals surface area contributed by atoms with Crippen molar-refractivity contribution in [2.45, 2.75) is 39.0 Å². The standard InChI is InChI=1S/C17H30N2O2/c1-14(20)19-11-16(12-21-2)17(13-19)6-8-18(9-7-17)10-15-4-3-5-15/h15-16H,3-13H2,1-2H3. The van der Waals surface area contributed by atoms with Crippen LogP contribution in [0.25, 0.3) is 0 Å². The molecule has 3 aliphatic rings. The molecule has 21 heavy (non-hydrogen) atoms. The Balaban J connectivity index is 1.59. The number of rotatable bonds is 4. The summed E-state index contributed by atoms with van der Waals surface area (Å²) in [5, 5.41) is 0. The van der Waals surface area contributed by atoms with Gasteiger partial charge in [-0.3, -0.25) is 4.79 Å². The fraction of sp³-hybridized carbons (Fsp3) is 0.941. The van der Waals surface area contributed by atoms with Crippen LogP contribution in [0, 0.1) is 17.3 Å². The van der Waals surface area contributed by atoms with Gasteiger partial charge in [-0.25, -0.2) is 0 Å². The lowest BCUT2D eigenvalue weighted by molar-refractivity contribution is -0.128. The average Bonchev–Trinajstić information content (AvgIpc) is 2.76. The maximum atomic E-state index is 11.8. The van der Waals surface area contributed by atoms with Gasteiger partial charge in [0.1, 0.15) is 0 Å². The molecule has 2 saturated heterocycles. The summed E-state index contributed by atoms with van der Waals surface area (Å²) < 4.78 is 5.45. The molecule has 0 bridgehead atoms. The Bertz CT molecular complexity index is 373. The molecule has 0 aromatic heterocycles. The first-order valence-electron chi connectivity index (χ1n) is 8.60. The molecular weight excluding hydrogens is 264 g/mol. The SMILES string of the molecule is COCC1CN(C(C)=O)CC12CCN(CC1CCC1)CC2.